The Morgan fingerprint density at radius 2 is 1.80 bits per heavy atom. The van der Waals surface area contributed by atoms with Crippen LogP contribution in [-0.4, -0.2) is 14.7 Å². The van der Waals surface area contributed by atoms with Crippen molar-refractivity contribution in [3.05, 3.63) is 53.4 Å². The van der Waals surface area contributed by atoms with E-state index in [2.05, 4.69) is 48.5 Å². The molecule has 0 spiro atoms. The summed E-state index contributed by atoms with van der Waals surface area (Å²) in [5, 5.41) is 0.716. The maximum absolute atomic E-state index is 12.1. The molecule has 3 unspecified atom stereocenters. The first-order chi connectivity index (χ1) is 9.81. The minimum atomic E-state index is -0.614. The Kier molecular flexibility index (Phi) is 3.12. The summed E-state index contributed by atoms with van der Waals surface area (Å²) < 4.78 is 12.1. The van der Waals surface area contributed by atoms with Gasteiger partial charge in [0.25, 0.3) is 0 Å². The van der Waals surface area contributed by atoms with Crippen LogP contribution in [0.15, 0.2) is 48.5 Å². The second kappa shape index (κ2) is 4.97. The lowest BCUT2D eigenvalue weighted by atomic mass is 10.1. The van der Waals surface area contributed by atoms with E-state index in [-0.39, 0.29) is 0 Å². The molecule has 0 radical (unpaired) electrons. The Morgan fingerprint density at radius 1 is 1.00 bits per heavy atom. The van der Waals surface area contributed by atoms with E-state index in [9.17, 15) is 4.21 Å². The number of allylic oxidation sites excluding steroid dienone is 1. The van der Waals surface area contributed by atoms with E-state index in [1.165, 1.54) is 20.9 Å². The molecule has 0 saturated carbocycles. The smallest absolute Gasteiger partial charge is 0.0537 e. The second-order valence-corrected chi connectivity index (χ2v) is 8.51. The Hall–Kier alpha value is -1.19. The topological polar surface area (TPSA) is 17.1 Å². The lowest BCUT2D eigenvalue weighted by Crippen LogP contribution is -2.19. The zero-order valence-corrected chi connectivity index (χ0v) is 12.8. The van der Waals surface area contributed by atoms with Gasteiger partial charge in [-0.05, 0) is 42.5 Å². The van der Waals surface area contributed by atoms with Crippen LogP contribution in [0.25, 0.3) is 16.0 Å². The Labute approximate surface area is 125 Å². The van der Waals surface area contributed by atoms with Crippen LogP contribution in [0.5, 0.6) is 0 Å². The third-order valence-corrected chi connectivity index (χ3v) is 7.45. The first-order valence-electron chi connectivity index (χ1n) is 7.07. The van der Waals surface area contributed by atoms with Crippen molar-refractivity contribution < 1.29 is 4.21 Å². The molecule has 4 rings (SSSR count). The molecule has 1 nitrogen and oxygen atoms in total. The van der Waals surface area contributed by atoms with E-state index in [1.54, 1.807) is 0 Å². The molecule has 2 aromatic rings. The summed E-state index contributed by atoms with van der Waals surface area (Å²) in [7, 11) is -0.614. The second-order valence-electron chi connectivity index (χ2n) is 5.49. The van der Waals surface area contributed by atoms with Crippen molar-refractivity contribution in [3.63, 3.8) is 0 Å². The minimum absolute atomic E-state index is 0.311. The number of benzene rings is 1. The van der Waals surface area contributed by atoms with E-state index < -0.39 is 10.8 Å². The van der Waals surface area contributed by atoms with Crippen molar-refractivity contribution >= 4 is 27.7 Å². The van der Waals surface area contributed by atoms with Gasteiger partial charge >= 0.3 is 0 Å². The van der Waals surface area contributed by atoms with Gasteiger partial charge in [0, 0.05) is 25.8 Å². The lowest BCUT2D eigenvalue weighted by Gasteiger charge is -2.18. The van der Waals surface area contributed by atoms with Crippen molar-refractivity contribution in [2.24, 2.45) is 0 Å². The number of hydrogen-bond acceptors (Lipinski definition) is 2. The van der Waals surface area contributed by atoms with Crippen molar-refractivity contribution in [1.82, 2.24) is 0 Å². The molecular weight excluding hydrogens is 284 g/mol. The molecule has 1 aromatic carbocycles. The quantitative estimate of drug-likeness (QED) is 0.799. The summed E-state index contributed by atoms with van der Waals surface area (Å²) in [5.74, 6) is 0. The zero-order chi connectivity index (χ0) is 13.5. The first kappa shape index (κ1) is 12.5. The summed E-state index contributed by atoms with van der Waals surface area (Å²) >= 11 is 1.86. The van der Waals surface area contributed by atoms with E-state index in [0.29, 0.717) is 10.5 Å². The van der Waals surface area contributed by atoms with Crippen LogP contribution in [-0.2, 0) is 10.8 Å². The molecule has 2 aliphatic rings. The predicted molar refractivity (Wildman–Crippen MR) is 87.3 cm³/mol. The SMILES string of the molecule is O=S1C2C=C(c3ccc(-c4ccccc4)s3)CC1CC2. The Balaban J connectivity index is 1.66. The maximum Gasteiger partial charge on any atom is 0.0537 e. The molecule has 0 amide bonds. The molecule has 1 aromatic heterocycles. The number of hydrogen-bond donors (Lipinski definition) is 0. The van der Waals surface area contributed by atoms with Gasteiger partial charge in [-0.2, -0.15) is 0 Å². The van der Waals surface area contributed by atoms with Crippen molar-refractivity contribution in [1.29, 1.82) is 0 Å². The average Bonchev–Trinajstić information content (AvgIpc) is 3.03. The molecule has 0 aliphatic carbocycles. The lowest BCUT2D eigenvalue weighted by molar-refractivity contribution is 0.674. The van der Waals surface area contributed by atoms with Gasteiger partial charge in [0.05, 0.1) is 5.25 Å². The molecule has 102 valence electrons. The Bertz CT molecular complexity index is 684. The highest BCUT2D eigenvalue weighted by molar-refractivity contribution is 7.86. The molecule has 3 heterocycles. The van der Waals surface area contributed by atoms with Crippen LogP contribution in [0.3, 0.4) is 0 Å². The summed E-state index contributed by atoms with van der Waals surface area (Å²) in [6, 6.07) is 15.0. The molecule has 20 heavy (non-hydrogen) atoms. The fraction of sp³-hybridized carbons (Fsp3) is 0.294. The molecule has 1 fully saturated rings. The average molecular weight is 300 g/mol. The third kappa shape index (κ3) is 2.09. The van der Waals surface area contributed by atoms with E-state index in [0.717, 1.165) is 19.3 Å². The first-order valence-corrected chi connectivity index (χ1v) is 9.16. The summed E-state index contributed by atoms with van der Waals surface area (Å²) in [6.45, 7) is 0. The molecule has 0 N–H and O–H groups in total. The molecular formula is C17H16OS2. The molecule has 1 saturated heterocycles. The highest BCUT2D eigenvalue weighted by Gasteiger charge is 2.36. The van der Waals surface area contributed by atoms with Crippen LogP contribution in [0.1, 0.15) is 24.1 Å². The fourth-order valence-corrected chi connectivity index (χ4v) is 6.07. The normalized spacial score (nSPS) is 28.4. The largest absolute Gasteiger partial charge is 0.259 e. The van der Waals surface area contributed by atoms with Crippen LogP contribution in [0.4, 0.5) is 0 Å². The maximum atomic E-state index is 12.1. The van der Waals surface area contributed by atoms with E-state index in [4.69, 9.17) is 0 Å². The summed E-state index contributed by atoms with van der Waals surface area (Å²) in [4.78, 5) is 2.68. The monoisotopic (exact) mass is 300 g/mol. The van der Waals surface area contributed by atoms with Gasteiger partial charge in [0.2, 0.25) is 0 Å². The molecule has 2 bridgehead atoms. The summed E-state index contributed by atoms with van der Waals surface area (Å²) in [6.07, 6.45) is 5.52. The summed E-state index contributed by atoms with van der Waals surface area (Å²) in [5.41, 5.74) is 2.70. The predicted octanol–water partition coefficient (Wildman–Crippen LogP) is 4.48. The highest BCUT2D eigenvalue weighted by atomic mass is 32.2. The third-order valence-electron chi connectivity index (χ3n) is 4.22. The van der Waals surface area contributed by atoms with Crippen LogP contribution in [0.2, 0.25) is 0 Å². The van der Waals surface area contributed by atoms with Gasteiger partial charge in [-0.3, -0.25) is 4.21 Å². The molecule has 3 atom stereocenters. The molecule has 2 aliphatic heterocycles. The molecule has 3 heteroatoms. The Morgan fingerprint density at radius 3 is 2.60 bits per heavy atom. The minimum Gasteiger partial charge on any atom is -0.259 e. The number of thiophene rings is 1. The van der Waals surface area contributed by atoms with Crippen molar-refractivity contribution in [3.8, 4) is 10.4 Å². The van der Waals surface area contributed by atoms with Crippen molar-refractivity contribution in [2.45, 2.75) is 29.8 Å². The fourth-order valence-electron chi connectivity index (χ4n) is 3.15. The number of rotatable bonds is 2. The van der Waals surface area contributed by atoms with Gasteiger partial charge in [-0.1, -0.05) is 36.4 Å². The zero-order valence-electron chi connectivity index (χ0n) is 11.1. The van der Waals surface area contributed by atoms with Crippen LogP contribution >= 0.6 is 11.3 Å². The van der Waals surface area contributed by atoms with Gasteiger partial charge in [0.1, 0.15) is 0 Å². The van der Waals surface area contributed by atoms with Gasteiger partial charge in [-0.25, -0.2) is 0 Å². The number of fused-ring (bicyclic) bond motifs is 2. The van der Waals surface area contributed by atoms with Crippen molar-refractivity contribution in [2.75, 3.05) is 0 Å². The van der Waals surface area contributed by atoms with Gasteiger partial charge in [0.15, 0.2) is 0 Å². The van der Waals surface area contributed by atoms with Gasteiger partial charge < -0.3 is 0 Å². The van der Waals surface area contributed by atoms with E-state index >= 15 is 0 Å². The van der Waals surface area contributed by atoms with Crippen LogP contribution in [0, 0.1) is 0 Å². The van der Waals surface area contributed by atoms with Crippen LogP contribution < -0.4 is 0 Å². The highest BCUT2D eigenvalue weighted by Crippen LogP contribution is 2.41. The van der Waals surface area contributed by atoms with E-state index in [1.807, 2.05) is 11.3 Å². The van der Waals surface area contributed by atoms with Gasteiger partial charge in [-0.15, -0.1) is 11.3 Å². The standard InChI is InChI=1S/C17H16OS2/c18-20-14-6-7-15(20)11-13(10-14)17-9-8-16(19-17)12-4-2-1-3-5-12/h1-5,8-10,14-15H,6-7,11H2.